The Balaban J connectivity index is 1.86. The zero-order chi connectivity index (χ0) is 31.7. The molecule has 1 aromatic carbocycles. The van der Waals surface area contributed by atoms with Gasteiger partial charge in [0.1, 0.15) is 29.0 Å². The first-order chi connectivity index (χ1) is 20.5. The van der Waals surface area contributed by atoms with Crippen LogP contribution in [0.3, 0.4) is 0 Å². The average Bonchev–Trinajstić information content (AvgIpc) is 3.66. The van der Waals surface area contributed by atoms with Crippen molar-refractivity contribution in [3.63, 3.8) is 0 Å². The molecule has 3 N–H and O–H groups in total. The van der Waals surface area contributed by atoms with Crippen LogP contribution in [0.25, 0.3) is 0 Å². The first-order valence-electron chi connectivity index (χ1n) is 13.6. The van der Waals surface area contributed by atoms with Crippen LogP contribution in [0.4, 0.5) is 0 Å². The molecule has 0 spiro atoms. The number of hydrogen-bond donors (Lipinski definition) is 3. The Morgan fingerprint density at radius 3 is 2.28 bits per heavy atom. The van der Waals surface area contributed by atoms with Crippen LogP contribution in [0.2, 0.25) is 5.15 Å². The summed E-state index contributed by atoms with van der Waals surface area (Å²) in [6.07, 6.45) is 0.261. The third-order valence-corrected chi connectivity index (χ3v) is 7.25. The molecule has 234 valence electrons. The summed E-state index contributed by atoms with van der Waals surface area (Å²) in [5.41, 5.74) is 0.680. The number of nitrogens with zero attached hydrogens (tertiary/aromatic N) is 2. The predicted octanol–water partition coefficient (Wildman–Crippen LogP) is 1.37. The van der Waals surface area contributed by atoms with E-state index in [1.807, 2.05) is 0 Å². The molecule has 3 amide bonds. The minimum Gasteiger partial charge on any atom is -0.467 e. The molecule has 1 saturated carbocycles. The third-order valence-electron chi connectivity index (χ3n) is 6.98. The number of rotatable bonds is 16. The van der Waals surface area contributed by atoms with Crippen molar-refractivity contribution in [2.45, 2.75) is 57.3 Å². The molecule has 0 bridgehead atoms. The van der Waals surface area contributed by atoms with Crippen LogP contribution in [0.15, 0.2) is 42.5 Å². The summed E-state index contributed by atoms with van der Waals surface area (Å²) in [6, 6.07) is 7.47. The van der Waals surface area contributed by atoms with E-state index < -0.39 is 58.7 Å². The van der Waals surface area contributed by atoms with Crippen LogP contribution in [-0.4, -0.2) is 78.5 Å². The van der Waals surface area contributed by atoms with E-state index in [2.05, 4.69) is 16.0 Å². The number of aromatic nitrogens is 1. The van der Waals surface area contributed by atoms with Gasteiger partial charge in [-0.15, -0.1) is 0 Å². The number of hydrogen-bond acceptors (Lipinski definition) is 9. The Bertz CT molecular complexity index is 1300. The third kappa shape index (κ3) is 9.16. The zero-order valence-corrected chi connectivity index (χ0v) is 25.0. The minimum absolute atomic E-state index is 0.0436. The van der Waals surface area contributed by atoms with E-state index in [0.29, 0.717) is 0 Å². The van der Waals surface area contributed by atoms with Gasteiger partial charge >= 0.3 is 5.97 Å². The van der Waals surface area contributed by atoms with Crippen LogP contribution < -0.4 is 20.8 Å². The van der Waals surface area contributed by atoms with Gasteiger partial charge in [0.2, 0.25) is 24.6 Å². The lowest BCUT2D eigenvalue weighted by atomic mass is 10.0. The lowest BCUT2D eigenvalue weighted by Crippen LogP contribution is -2.57. The van der Waals surface area contributed by atoms with Gasteiger partial charge in [0.05, 0.1) is 7.11 Å². The van der Waals surface area contributed by atoms with Gasteiger partial charge in [-0.2, -0.15) is 4.73 Å². The summed E-state index contributed by atoms with van der Waals surface area (Å²) in [4.78, 5) is 68.9. The Labute approximate surface area is 253 Å². The lowest BCUT2D eigenvalue weighted by molar-refractivity contribution is -0.498. The second-order valence-corrected chi connectivity index (χ2v) is 10.9. The molecule has 0 unspecified atom stereocenters. The number of ether oxygens (including phenoxy) is 2. The molecule has 2 aromatic rings. The van der Waals surface area contributed by atoms with E-state index in [4.69, 9.17) is 25.9 Å². The topological polar surface area (TPSA) is 180 Å². The molecule has 5 atom stereocenters. The van der Waals surface area contributed by atoms with E-state index in [1.54, 1.807) is 44.2 Å². The van der Waals surface area contributed by atoms with Gasteiger partial charge in [0.15, 0.2) is 0 Å². The van der Waals surface area contributed by atoms with Crippen molar-refractivity contribution >= 4 is 35.3 Å². The molecule has 15 heteroatoms. The van der Waals surface area contributed by atoms with Crippen molar-refractivity contribution < 1.29 is 38.4 Å². The van der Waals surface area contributed by atoms with Crippen molar-refractivity contribution in [2.24, 2.45) is 11.8 Å². The number of amides is 3. The maximum atomic E-state index is 13.7. The maximum absolute atomic E-state index is 13.7. The van der Waals surface area contributed by atoms with E-state index in [9.17, 15) is 29.3 Å². The first-order valence-corrected chi connectivity index (χ1v) is 14.0. The Hall–Kier alpha value is -4.17. The molecule has 1 aliphatic rings. The van der Waals surface area contributed by atoms with Crippen molar-refractivity contribution in [2.75, 3.05) is 21.0 Å². The van der Waals surface area contributed by atoms with E-state index in [0.717, 1.165) is 10.3 Å². The number of halogens is 1. The number of nitro groups is 1. The van der Waals surface area contributed by atoms with Crippen molar-refractivity contribution in [1.82, 2.24) is 20.7 Å². The van der Waals surface area contributed by atoms with Gasteiger partial charge in [-0.25, -0.2) is 4.79 Å². The highest BCUT2D eigenvalue weighted by Crippen LogP contribution is 2.37. The normalized spacial score (nSPS) is 17.7. The van der Waals surface area contributed by atoms with Crippen LogP contribution >= 0.6 is 11.6 Å². The molecular weight excluding hydrogens is 586 g/mol. The predicted molar refractivity (Wildman–Crippen MR) is 154 cm³/mol. The molecule has 0 saturated heterocycles. The van der Waals surface area contributed by atoms with E-state index >= 15 is 0 Å². The molecule has 14 nitrogen and oxygen atoms in total. The Morgan fingerprint density at radius 2 is 1.70 bits per heavy atom. The highest BCUT2D eigenvalue weighted by atomic mass is 35.5. The summed E-state index contributed by atoms with van der Waals surface area (Å²) in [7, 11) is 2.59. The summed E-state index contributed by atoms with van der Waals surface area (Å²) in [6.45, 7) is 3.25. The molecule has 0 aliphatic heterocycles. The lowest BCUT2D eigenvalue weighted by Gasteiger charge is -2.26. The Kier molecular flexibility index (Phi) is 11.9. The molecule has 1 aromatic heterocycles. The second-order valence-electron chi connectivity index (χ2n) is 10.5. The fraction of sp³-hybridized carbons (Fsp3) is 0.500. The molecule has 1 heterocycles. The molecule has 0 radical (unpaired) electrons. The van der Waals surface area contributed by atoms with Crippen LogP contribution in [0.1, 0.15) is 42.7 Å². The molecule has 43 heavy (non-hydrogen) atoms. The summed E-state index contributed by atoms with van der Waals surface area (Å²) in [5.74, 6) is -3.54. The summed E-state index contributed by atoms with van der Waals surface area (Å²) < 4.78 is 10.7. The van der Waals surface area contributed by atoms with Crippen LogP contribution in [0, 0.1) is 22.0 Å². The van der Waals surface area contributed by atoms with Gasteiger partial charge in [-0.3, -0.25) is 24.5 Å². The van der Waals surface area contributed by atoms with Gasteiger partial charge in [-0.1, -0.05) is 55.8 Å². The number of methoxy groups -OCH3 is 2. The van der Waals surface area contributed by atoms with Crippen LogP contribution in [0.5, 0.6) is 0 Å². The largest absolute Gasteiger partial charge is 0.467 e. The zero-order valence-electron chi connectivity index (χ0n) is 24.3. The first kappa shape index (κ1) is 33.3. The second kappa shape index (κ2) is 15.3. The Morgan fingerprint density at radius 1 is 1.02 bits per heavy atom. The number of carbonyl (C=O) groups excluding carboxylic acids is 4. The smallest absolute Gasteiger partial charge is 0.328 e. The SMILES string of the molecule is COCOn1c(Cl)ccc1C(=O)N[C@@H](C[C@@H]1C[C@H]1[N+](=O)[O-])C(=O)N[C@@H](Cc1ccccc1)C(=O)N[C@H](C(=O)OC)C(C)C. The highest BCUT2D eigenvalue weighted by molar-refractivity contribution is 6.30. The van der Waals surface area contributed by atoms with Crippen molar-refractivity contribution in [1.29, 1.82) is 0 Å². The standard InChI is InChI=1S/C28H36ClN5O9/c1-16(2)24(28(38)42-4)32-26(36)19(12-17-8-6-5-7-9-17)30-25(35)20(13-18-14-22(18)34(39)40)31-27(37)21-10-11-23(29)33(21)43-15-41-3/h5-11,16,18-20,22,24H,12-15H2,1-4H3,(H,30,35)(H,31,37)(H,32,36)/t18-,19+,20+,22-,24+/m1/s1. The number of esters is 1. The molecule has 1 fully saturated rings. The number of nitrogens with one attached hydrogen (secondary N) is 3. The average molecular weight is 622 g/mol. The monoisotopic (exact) mass is 621 g/mol. The highest BCUT2D eigenvalue weighted by Gasteiger charge is 2.50. The van der Waals surface area contributed by atoms with Gasteiger partial charge in [0.25, 0.3) is 5.91 Å². The maximum Gasteiger partial charge on any atom is 0.328 e. The van der Waals surface area contributed by atoms with Gasteiger partial charge in [0, 0.05) is 30.8 Å². The summed E-state index contributed by atoms with van der Waals surface area (Å²) in [5, 5.41) is 19.3. The summed E-state index contributed by atoms with van der Waals surface area (Å²) >= 11 is 6.12. The fourth-order valence-electron chi connectivity index (χ4n) is 4.52. The number of benzene rings is 1. The van der Waals surface area contributed by atoms with E-state index in [1.165, 1.54) is 26.4 Å². The fourth-order valence-corrected chi connectivity index (χ4v) is 4.73. The van der Waals surface area contributed by atoms with Gasteiger partial charge < -0.3 is 30.3 Å². The van der Waals surface area contributed by atoms with E-state index in [-0.39, 0.29) is 42.8 Å². The minimum atomic E-state index is -1.25. The number of carbonyl (C=O) groups is 4. The molecular formula is C28H36ClN5O9. The van der Waals surface area contributed by atoms with Crippen molar-refractivity contribution in [3.8, 4) is 0 Å². The van der Waals surface area contributed by atoms with Gasteiger partial charge in [-0.05, 0) is 30.0 Å². The molecule has 3 rings (SSSR count). The molecule has 1 aliphatic carbocycles. The quantitative estimate of drug-likeness (QED) is 0.108. The van der Waals surface area contributed by atoms with Crippen LogP contribution in [-0.2, 0) is 30.3 Å². The van der Waals surface area contributed by atoms with Crippen molar-refractivity contribution in [3.05, 3.63) is 69.0 Å².